The summed E-state index contributed by atoms with van der Waals surface area (Å²) in [6.07, 6.45) is 3.31. The second-order valence-corrected chi connectivity index (χ2v) is 7.45. The molecule has 2 aromatic carbocycles. The number of hydrogen-bond acceptors (Lipinski definition) is 3. The van der Waals surface area contributed by atoms with Crippen LogP contribution in [0.4, 0.5) is 0 Å². The minimum Gasteiger partial charge on any atom is -0.300 e. The minimum atomic E-state index is 0.694. The van der Waals surface area contributed by atoms with Gasteiger partial charge in [-0.3, -0.25) is 0 Å². The second-order valence-electron chi connectivity index (χ2n) is 7.45. The summed E-state index contributed by atoms with van der Waals surface area (Å²) < 4.78 is 0. The molecule has 3 aromatic rings. The lowest BCUT2D eigenvalue weighted by atomic mass is 9.97. The van der Waals surface area contributed by atoms with E-state index in [0.717, 1.165) is 30.1 Å². The predicted molar refractivity (Wildman–Crippen MR) is 118 cm³/mol. The van der Waals surface area contributed by atoms with Crippen LogP contribution in [-0.2, 0) is 6.54 Å². The zero-order chi connectivity index (χ0) is 19.8. The Balaban J connectivity index is 1.81. The van der Waals surface area contributed by atoms with E-state index in [1.54, 1.807) is 0 Å². The SMILES string of the molecule is CCC(C)CN(C)Cc1ccc(C=C(c2ccccc2)c2ccccc2)nn1. The summed E-state index contributed by atoms with van der Waals surface area (Å²) in [5, 5.41) is 8.92. The van der Waals surface area contributed by atoms with E-state index < -0.39 is 0 Å². The molecule has 1 unspecified atom stereocenters. The van der Waals surface area contributed by atoms with E-state index in [9.17, 15) is 0 Å². The Hall–Kier alpha value is -2.78. The molecule has 0 aliphatic carbocycles. The summed E-state index contributed by atoms with van der Waals surface area (Å²) in [7, 11) is 2.14. The van der Waals surface area contributed by atoms with Crippen LogP contribution in [0.3, 0.4) is 0 Å². The van der Waals surface area contributed by atoms with Gasteiger partial charge >= 0.3 is 0 Å². The number of nitrogens with zero attached hydrogens (tertiary/aromatic N) is 3. The predicted octanol–water partition coefficient (Wildman–Crippen LogP) is 5.54. The van der Waals surface area contributed by atoms with Gasteiger partial charge in [0.2, 0.25) is 0 Å². The molecule has 3 rings (SSSR count). The molecule has 0 amide bonds. The van der Waals surface area contributed by atoms with Gasteiger partial charge in [0, 0.05) is 13.1 Å². The van der Waals surface area contributed by atoms with Crippen LogP contribution in [0.15, 0.2) is 72.8 Å². The summed E-state index contributed by atoms with van der Waals surface area (Å²) in [6.45, 7) is 6.42. The molecule has 0 aliphatic heterocycles. The van der Waals surface area contributed by atoms with Crippen LogP contribution in [0.5, 0.6) is 0 Å². The molecule has 0 saturated carbocycles. The van der Waals surface area contributed by atoms with Crippen molar-refractivity contribution in [2.45, 2.75) is 26.8 Å². The van der Waals surface area contributed by atoms with Crippen molar-refractivity contribution in [1.82, 2.24) is 15.1 Å². The molecular formula is C25H29N3. The highest BCUT2D eigenvalue weighted by atomic mass is 15.2. The van der Waals surface area contributed by atoms with Crippen molar-refractivity contribution in [2.75, 3.05) is 13.6 Å². The third kappa shape index (κ3) is 5.61. The highest BCUT2D eigenvalue weighted by molar-refractivity contribution is 5.90. The van der Waals surface area contributed by atoms with Crippen molar-refractivity contribution < 1.29 is 0 Å². The van der Waals surface area contributed by atoms with Gasteiger partial charge in [0.25, 0.3) is 0 Å². The van der Waals surface area contributed by atoms with E-state index in [2.05, 4.69) is 103 Å². The molecule has 1 heterocycles. The fourth-order valence-corrected chi connectivity index (χ4v) is 3.25. The van der Waals surface area contributed by atoms with Crippen molar-refractivity contribution in [3.8, 4) is 0 Å². The molecule has 0 N–H and O–H groups in total. The number of benzene rings is 2. The van der Waals surface area contributed by atoms with Crippen LogP contribution in [0.1, 0.15) is 42.8 Å². The van der Waals surface area contributed by atoms with E-state index in [1.807, 2.05) is 12.1 Å². The Kier molecular flexibility index (Phi) is 7.10. The molecule has 3 nitrogen and oxygen atoms in total. The largest absolute Gasteiger partial charge is 0.300 e. The summed E-state index contributed by atoms with van der Waals surface area (Å²) in [5.41, 5.74) is 5.37. The zero-order valence-corrected chi connectivity index (χ0v) is 17.0. The summed E-state index contributed by atoms with van der Waals surface area (Å²) >= 11 is 0. The highest BCUT2D eigenvalue weighted by Crippen LogP contribution is 2.25. The number of rotatable bonds is 8. The third-order valence-electron chi connectivity index (χ3n) is 4.95. The Morgan fingerprint density at radius 2 is 1.50 bits per heavy atom. The lowest BCUT2D eigenvalue weighted by Crippen LogP contribution is -2.24. The van der Waals surface area contributed by atoms with Crippen molar-refractivity contribution in [3.63, 3.8) is 0 Å². The maximum absolute atomic E-state index is 4.47. The Bertz CT molecular complexity index is 829. The molecule has 0 fully saturated rings. The Morgan fingerprint density at radius 3 is 2.00 bits per heavy atom. The molecule has 3 heteroatoms. The Labute approximate surface area is 168 Å². The van der Waals surface area contributed by atoms with Crippen molar-refractivity contribution in [3.05, 3.63) is 95.3 Å². The highest BCUT2D eigenvalue weighted by Gasteiger charge is 2.08. The van der Waals surface area contributed by atoms with Gasteiger partial charge in [-0.15, -0.1) is 0 Å². The van der Waals surface area contributed by atoms with Crippen LogP contribution in [0, 0.1) is 5.92 Å². The van der Waals surface area contributed by atoms with Crippen LogP contribution in [-0.4, -0.2) is 28.7 Å². The van der Waals surface area contributed by atoms with E-state index in [0.29, 0.717) is 5.92 Å². The van der Waals surface area contributed by atoms with Crippen LogP contribution < -0.4 is 0 Å². The summed E-state index contributed by atoms with van der Waals surface area (Å²) in [6, 6.07) is 25.0. The molecule has 1 aromatic heterocycles. The van der Waals surface area contributed by atoms with Gasteiger partial charge in [-0.2, -0.15) is 10.2 Å². The third-order valence-corrected chi connectivity index (χ3v) is 4.95. The van der Waals surface area contributed by atoms with Gasteiger partial charge in [0.05, 0.1) is 11.4 Å². The zero-order valence-electron chi connectivity index (χ0n) is 17.0. The summed E-state index contributed by atoms with van der Waals surface area (Å²) in [4.78, 5) is 2.31. The molecule has 0 bridgehead atoms. The normalized spacial score (nSPS) is 12.0. The fourth-order valence-electron chi connectivity index (χ4n) is 3.25. The molecule has 28 heavy (non-hydrogen) atoms. The maximum atomic E-state index is 4.47. The maximum Gasteiger partial charge on any atom is 0.0864 e. The lowest BCUT2D eigenvalue weighted by Gasteiger charge is -2.19. The van der Waals surface area contributed by atoms with Gasteiger partial charge < -0.3 is 4.90 Å². The van der Waals surface area contributed by atoms with Crippen LogP contribution in [0.2, 0.25) is 0 Å². The van der Waals surface area contributed by atoms with E-state index >= 15 is 0 Å². The lowest BCUT2D eigenvalue weighted by molar-refractivity contribution is 0.271. The molecule has 0 radical (unpaired) electrons. The Morgan fingerprint density at radius 1 is 0.893 bits per heavy atom. The smallest absolute Gasteiger partial charge is 0.0864 e. The van der Waals surface area contributed by atoms with E-state index in [1.165, 1.54) is 17.5 Å². The summed E-state index contributed by atoms with van der Waals surface area (Å²) in [5.74, 6) is 0.694. The topological polar surface area (TPSA) is 29.0 Å². The molecule has 1 atom stereocenters. The first-order valence-electron chi connectivity index (χ1n) is 9.99. The standard InChI is InChI=1S/C25H29N3/c1-4-20(2)18-28(3)19-24-16-15-23(26-27-24)17-25(21-11-7-5-8-12-21)22-13-9-6-10-14-22/h5-17,20H,4,18-19H2,1-3H3. The van der Waals surface area contributed by atoms with Crippen molar-refractivity contribution in [1.29, 1.82) is 0 Å². The molecule has 0 spiro atoms. The molecule has 0 saturated heterocycles. The average Bonchev–Trinajstić information content (AvgIpc) is 2.74. The van der Waals surface area contributed by atoms with Crippen LogP contribution >= 0.6 is 0 Å². The van der Waals surface area contributed by atoms with Crippen molar-refractivity contribution in [2.24, 2.45) is 5.92 Å². The first kappa shape index (κ1) is 20.0. The molecular weight excluding hydrogens is 342 g/mol. The quantitative estimate of drug-likeness (QED) is 0.520. The van der Waals surface area contributed by atoms with Crippen LogP contribution in [0.25, 0.3) is 11.6 Å². The fraction of sp³-hybridized carbons (Fsp3) is 0.280. The van der Waals surface area contributed by atoms with Crippen molar-refractivity contribution >= 4 is 11.6 Å². The first-order chi connectivity index (χ1) is 13.7. The molecule has 144 valence electrons. The number of aromatic nitrogens is 2. The van der Waals surface area contributed by atoms with Gasteiger partial charge in [-0.25, -0.2) is 0 Å². The van der Waals surface area contributed by atoms with Gasteiger partial charge in [-0.1, -0.05) is 80.9 Å². The number of hydrogen-bond donors (Lipinski definition) is 0. The van der Waals surface area contributed by atoms with Gasteiger partial charge in [0.15, 0.2) is 0 Å². The molecule has 0 aliphatic rings. The average molecular weight is 372 g/mol. The van der Waals surface area contributed by atoms with E-state index in [4.69, 9.17) is 0 Å². The first-order valence-corrected chi connectivity index (χ1v) is 9.99. The minimum absolute atomic E-state index is 0.694. The van der Waals surface area contributed by atoms with Gasteiger partial charge in [0.1, 0.15) is 0 Å². The van der Waals surface area contributed by atoms with Gasteiger partial charge in [-0.05, 0) is 47.9 Å². The monoisotopic (exact) mass is 371 g/mol. The second kappa shape index (κ2) is 9.95. The van der Waals surface area contributed by atoms with E-state index in [-0.39, 0.29) is 0 Å².